The highest BCUT2D eigenvalue weighted by molar-refractivity contribution is 5.29. The van der Waals surface area contributed by atoms with E-state index in [9.17, 15) is 0 Å². The molecule has 2 rings (SSSR count). The minimum absolute atomic E-state index is 0.255. The maximum atomic E-state index is 5.89. The molecule has 2 nitrogen and oxygen atoms in total. The van der Waals surface area contributed by atoms with Crippen LogP contribution in [0.4, 0.5) is 0 Å². The highest BCUT2D eigenvalue weighted by Gasteiger charge is 2.42. The van der Waals surface area contributed by atoms with Gasteiger partial charge in [0.1, 0.15) is 0 Å². The molecule has 0 radical (unpaired) electrons. The monoisotopic (exact) mass is 261 g/mol. The molecule has 1 aliphatic carbocycles. The van der Waals surface area contributed by atoms with E-state index in [1.54, 1.807) is 0 Å². The van der Waals surface area contributed by atoms with Crippen molar-refractivity contribution in [2.24, 2.45) is 0 Å². The van der Waals surface area contributed by atoms with E-state index in [2.05, 4.69) is 56.5 Å². The summed E-state index contributed by atoms with van der Waals surface area (Å²) in [6.07, 6.45) is 5.49. The molecule has 1 atom stereocenters. The van der Waals surface area contributed by atoms with Gasteiger partial charge in [-0.2, -0.15) is 0 Å². The molecule has 0 aliphatic heterocycles. The van der Waals surface area contributed by atoms with Crippen molar-refractivity contribution in [3.63, 3.8) is 0 Å². The lowest BCUT2D eigenvalue weighted by atomic mass is 9.73. The number of ether oxygens (including phenoxy) is 1. The number of nitrogens with one attached hydrogen (secondary N) is 1. The van der Waals surface area contributed by atoms with Gasteiger partial charge in [0.15, 0.2) is 0 Å². The van der Waals surface area contributed by atoms with Gasteiger partial charge in [0.05, 0.1) is 12.7 Å². The van der Waals surface area contributed by atoms with Gasteiger partial charge >= 0.3 is 0 Å². The van der Waals surface area contributed by atoms with E-state index in [0.717, 1.165) is 6.61 Å². The van der Waals surface area contributed by atoms with Crippen LogP contribution in [0.3, 0.4) is 0 Å². The Morgan fingerprint density at radius 1 is 1.16 bits per heavy atom. The summed E-state index contributed by atoms with van der Waals surface area (Å²) in [7, 11) is 2.07. The minimum Gasteiger partial charge on any atom is -0.377 e. The lowest BCUT2D eigenvalue weighted by Gasteiger charge is -2.38. The zero-order chi connectivity index (χ0) is 13.7. The molecule has 0 saturated heterocycles. The Kier molecular flexibility index (Phi) is 5.00. The van der Waals surface area contributed by atoms with E-state index < -0.39 is 0 Å². The Morgan fingerprint density at radius 3 is 2.32 bits per heavy atom. The predicted octanol–water partition coefficient (Wildman–Crippen LogP) is 3.51. The van der Waals surface area contributed by atoms with Crippen LogP contribution in [0.2, 0.25) is 0 Å². The third-order valence-electron chi connectivity index (χ3n) is 4.46. The number of rotatable bonds is 6. The molecular formula is C17H27NO. The number of likely N-dealkylation sites (N-methyl/N-ethyl adjacent to an activating group) is 1. The molecule has 1 aromatic carbocycles. The first-order valence-electron chi connectivity index (χ1n) is 7.53. The second-order valence-electron chi connectivity index (χ2n) is 5.95. The predicted molar refractivity (Wildman–Crippen MR) is 80.5 cm³/mol. The lowest BCUT2D eigenvalue weighted by molar-refractivity contribution is 0.0437. The normalized spacial score (nSPS) is 19.8. The maximum Gasteiger partial charge on any atom is 0.0631 e. The van der Waals surface area contributed by atoms with E-state index in [-0.39, 0.29) is 5.41 Å². The molecule has 1 N–H and O–H groups in total. The molecule has 0 aromatic heterocycles. The third kappa shape index (κ3) is 3.18. The largest absolute Gasteiger partial charge is 0.377 e. The lowest BCUT2D eigenvalue weighted by Crippen LogP contribution is -2.48. The van der Waals surface area contributed by atoms with E-state index >= 15 is 0 Å². The van der Waals surface area contributed by atoms with Gasteiger partial charge in [0.2, 0.25) is 0 Å². The molecule has 1 unspecified atom stereocenters. The molecule has 1 saturated carbocycles. The van der Waals surface area contributed by atoms with Gasteiger partial charge in [-0.3, -0.25) is 0 Å². The molecule has 19 heavy (non-hydrogen) atoms. The summed E-state index contributed by atoms with van der Waals surface area (Å²) < 4.78 is 5.89. The Balaban J connectivity index is 2.22. The zero-order valence-electron chi connectivity index (χ0n) is 12.5. The summed E-state index contributed by atoms with van der Waals surface area (Å²) in [5, 5.41) is 3.51. The van der Waals surface area contributed by atoms with Crippen molar-refractivity contribution < 1.29 is 4.74 Å². The van der Waals surface area contributed by atoms with Crippen molar-refractivity contribution >= 4 is 0 Å². The fraction of sp³-hybridized carbons (Fsp3) is 0.647. The molecule has 0 heterocycles. The van der Waals surface area contributed by atoms with E-state index in [0.29, 0.717) is 12.1 Å². The van der Waals surface area contributed by atoms with Crippen LogP contribution in [0.1, 0.15) is 45.1 Å². The summed E-state index contributed by atoms with van der Waals surface area (Å²) in [5.41, 5.74) is 1.73. The summed E-state index contributed by atoms with van der Waals surface area (Å²) in [4.78, 5) is 0. The molecule has 1 aromatic rings. The van der Waals surface area contributed by atoms with Gasteiger partial charge < -0.3 is 10.1 Å². The molecule has 0 bridgehead atoms. The first-order valence-corrected chi connectivity index (χ1v) is 7.53. The number of benzene rings is 1. The summed E-state index contributed by atoms with van der Waals surface area (Å²) >= 11 is 0. The Hall–Kier alpha value is -0.860. The number of hydrogen-bond donors (Lipinski definition) is 1. The van der Waals surface area contributed by atoms with E-state index in [1.807, 2.05) is 0 Å². The van der Waals surface area contributed by atoms with Crippen LogP contribution in [-0.4, -0.2) is 25.8 Å². The van der Waals surface area contributed by atoms with Gasteiger partial charge in [-0.15, -0.1) is 0 Å². The highest BCUT2D eigenvalue weighted by Crippen LogP contribution is 2.43. The van der Waals surface area contributed by atoms with Gasteiger partial charge in [-0.25, -0.2) is 0 Å². The highest BCUT2D eigenvalue weighted by atomic mass is 16.5. The topological polar surface area (TPSA) is 21.3 Å². The number of hydrogen-bond acceptors (Lipinski definition) is 2. The zero-order valence-corrected chi connectivity index (χ0v) is 12.5. The second-order valence-corrected chi connectivity index (χ2v) is 5.95. The van der Waals surface area contributed by atoms with Crippen LogP contribution in [-0.2, 0) is 10.2 Å². The van der Waals surface area contributed by atoms with Crippen LogP contribution in [0.25, 0.3) is 0 Å². The second kappa shape index (κ2) is 6.53. The quantitative estimate of drug-likeness (QED) is 0.846. The van der Waals surface area contributed by atoms with E-state index in [1.165, 1.54) is 31.2 Å². The van der Waals surface area contributed by atoms with Crippen molar-refractivity contribution in [3.05, 3.63) is 35.9 Å². The van der Waals surface area contributed by atoms with Crippen LogP contribution >= 0.6 is 0 Å². The average Bonchev–Trinajstić information content (AvgIpc) is 2.91. The third-order valence-corrected chi connectivity index (χ3v) is 4.46. The molecule has 1 aliphatic rings. The summed E-state index contributed by atoms with van der Waals surface area (Å²) in [6.45, 7) is 5.01. The first-order chi connectivity index (χ1) is 9.19. The standard InChI is InChI=1S/C17H27NO/c1-14(2)19-13-16(18-3)17(11-7-8-12-17)15-9-5-4-6-10-15/h4-6,9-10,14,16,18H,7-8,11-13H2,1-3H3. The SMILES string of the molecule is CNC(COC(C)C)C1(c2ccccc2)CCCC1. The Labute approximate surface area is 117 Å². The fourth-order valence-corrected chi connectivity index (χ4v) is 3.42. The molecule has 2 heteroatoms. The molecule has 0 spiro atoms. The van der Waals surface area contributed by atoms with Crippen molar-refractivity contribution in [1.82, 2.24) is 5.32 Å². The average molecular weight is 261 g/mol. The van der Waals surface area contributed by atoms with Crippen molar-refractivity contribution in [3.8, 4) is 0 Å². The van der Waals surface area contributed by atoms with Gasteiger partial charge in [0, 0.05) is 11.5 Å². The first kappa shape index (κ1) is 14.5. The molecule has 1 fully saturated rings. The van der Waals surface area contributed by atoms with Crippen molar-refractivity contribution in [1.29, 1.82) is 0 Å². The van der Waals surface area contributed by atoms with Crippen molar-refractivity contribution in [2.75, 3.05) is 13.7 Å². The van der Waals surface area contributed by atoms with Gasteiger partial charge in [-0.05, 0) is 39.3 Å². The fourth-order valence-electron chi connectivity index (χ4n) is 3.42. The summed E-state index contributed by atoms with van der Waals surface area (Å²) in [5.74, 6) is 0. The minimum atomic E-state index is 0.255. The smallest absolute Gasteiger partial charge is 0.0631 e. The molecule has 0 amide bonds. The van der Waals surface area contributed by atoms with Gasteiger partial charge in [0.25, 0.3) is 0 Å². The van der Waals surface area contributed by atoms with Crippen LogP contribution in [0, 0.1) is 0 Å². The van der Waals surface area contributed by atoms with Crippen LogP contribution in [0.5, 0.6) is 0 Å². The van der Waals surface area contributed by atoms with Gasteiger partial charge in [-0.1, -0.05) is 43.2 Å². The Bertz CT molecular complexity index is 368. The Morgan fingerprint density at radius 2 is 1.79 bits per heavy atom. The van der Waals surface area contributed by atoms with E-state index in [4.69, 9.17) is 4.74 Å². The molecular weight excluding hydrogens is 234 g/mol. The van der Waals surface area contributed by atoms with Crippen LogP contribution < -0.4 is 5.32 Å². The van der Waals surface area contributed by atoms with Crippen molar-refractivity contribution in [2.45, 2.75) is 57.1 Å². The molecule has 106 valence electrons. The van der Waals surface area contributed by atoms with Crippen LogP contribution in [0.15, 0.2) is 30.3 Å². The maximum absolute atomic E-state index is 5.89. The summed E-state index contributed by atoms with van der Waals surface area (Å²) in [6, 6.07) is 11.4.